The molecular formula is C23H22F2N4O4S. The summed E-state index contributed by atoms with van der Waals surface area (Å²) in [5, 5.41) is 2.69. The van der Waals surface area contributed by atoms with Crippen LogP contribution in [0.15, 0.2) is 66.1 Å². The van der Waals surface area contributed by atoms with Gasteiger partial charge in [0.1, 0.15) is 23.0 Å². The first-order chi connectivity index (χ1) is 15.9. The number of pyridine rings is 1. The number of hydrogen-bond acceptors (Lipinski definition) is 6. The van der Waals surface area contributed by atoms with E-state index in [9.17, 15) is 26.8 Å². The molecule has 0 aliphatic rings. The Morgan fingerprint density at radius 2 is 1.76 bits per heavy atom. The van der Waals surface area contributed by atoms with Crippen LogP contribution in [0.5, 0.6) is 0 Å². The number of halogens is 2. The predicted molar refractivity (Wildman–Crippen MR) is 129 cm³/mol. The molecule has 0 aliphatic heterocycles. The molecular weight excluding hydrogens is 466 g/mol. The molecule has 0 bridgehead atoms. The van der Waals surface area contributed by atoms with Crippen molar-refractivity contribution in [1.82, 2.24) is 4.57 Å². The Hall–Kier alpha value is -3.99. The second-order valence-electron chi connectivity index (χ2n) is 7.58. The Morgan fingerprint density at radius 1 is 1.12 bits per heavy atom. The van der Waals surface area contributed by atoms with Gasteiger partial charge in [0.05, 0.1) is 6.26 Å². The number of anilines is 4. The van der Waals surface area contributed by atoms with Gasteiger partial charge in [-0.3, -0.25) is 14.3 Å². The van der Waals surface area contributed by atoms with E-state index in [1.165, 1.54) is 41.4 Å². The molecule has 8 nitrogen and oxygen atoms in total. The Morgan fingerprint density at radius 3 is 2.32 bits per heavy atom. The van der Waals surface area contributed by atoms with Crippen molar-refractivity contribution in [3.8, 4) is 11.1 Å². The van der Waals surface area contributed by atoms with E-state index in [0.717, 1.165) is 29.0 Å². The van der Waals surface area contributed by atoms with Crippen LogP contribution in [-0.2, 0) is 10.0 Å². The SMILES string of the molecule is C=CC(=O)n1cc(-c2cc(NS(C)(=O)=O)ccc2Nc2c(F)cccc2F)cc(N(C)C)c1=O. The minimum absolute atomic E-state index is 0.150. The summed E-state index contributed by atoms with van der Waals surface area (Å²) in [7, 11) is -0.417. The summed E-state index contributed by atoms with van der Waals surface area (Å²) in [6.07, 6.45) is 3.20. The lowest BCUT2D eigenvalue weighted by atomic mass is 10.0. The molecule has 0 amide bonds. The molecule has 3 rings (SSSR count). The number of benzene rings is 2. The summed E-state index contributed by atoms with van der Waals surface area (Å²) in [4.78, 5) is 26.6. The Balaban J connectivity index is 2.30. The molecule has 11 heteroatoms. The molecule has 0 unspecified atom stereocenters. The van der Waals surface area contributed by atoms with Gasteiger partial charge in [-0.1, -0.05) is 12.6 Å². The first-order valence-electron chi connectivity index (χ1n) is 9.85. The third-order valence-corrected chi connectivity index (χ3v) is 5.35. The predicted octanol–water partition coefficient (Wildman–Crippen LogP) is 3.80. The van der Waals surface area contributed by atoms with E-state index in [-0.39, 0.29) is 22.6 Å². The highest BCUT2D eigenvalue weighted by Crippen LogP contribution is 2.35. The second kappa shape index (κ2) is 9.48. The topological polar surface area (TPSA) is 101 Å². The van der Waals surface area contributed by atoms with Gasteiger partial charge in [-0.25, -0.2) is 21.8 Å². The highest BCUT2D eigenvalue weighted by Gasteiger charge is 2.18. The Kier molecular flexibility index (Phi) is 6.87. The highest BCUT2D eigenvalue weighted by molar-refractivity contribution is 7.92. The number of carbonyl (C=O) groups excluding carboxylic acids is 1. The Labute approximate surface area is 195 Å². The number of rotatable bonds is 7. The molecule has 3 aromatic rings. The zero-order chi connectivity index (χ0) is 25.2. The van der Waals surface area contributed by atoms with Gasteiger partial charge in [0.25, 0.3) is 11.5 Å². The summed E-state index contributed by atoms with van der Waals surface area (Å²) >= 11 is 0. The maximum atomic E-state index is 14.3. The van der Waals surface area contributed by atoms with Gasteiger partial charge in [0, 0.05) is 42.8 Å². The number of sulfonamides is 1. The molecule has 0 radical (unpaired) electrons. The molecule has 0 aliphatic carbocycles. The summed E-state index contributed by atoms with van der Waals surface area (Å²) in [6.45, 7) is 3.41. The molecule has 178 valence electrons. The van der Waals surface area contributed by atoms with E-state index >= 15 is 0 Å². The minimum atomic E-state index is -3.64. The van der Waals surface area contributed by atoms with Crippen LogP contribution in [0, 0.1) is 11.6 Å². The third-order valence-electron chi connectivity index (χ3n) is 4.75. The summed E-state index contributed by atoms with van der Waals surface area (Å²) in [6, 6.07) is 9.12. The molecule has 0 spiro atoms. The fraction of sp³-hybridized carbons (Fsp3) is 0.130. The van der Waals surface area contributed by atoms with Crippen LogP contribution in [0.4, 0.5) is 31.5 Å². The van der Waals surface area contributed by atoms with Crippen molar-refractivity contribution >= 4 is 38.7 Å². The van der Waals surface area contributed by atoms with Crippen molar-refractivity contribution in [1.29, 1.82) is 0 Å². The van der Waals surface area contributed by atoms with Gasteiger partial charge in [-0.15, -0.1) is 0 Å². The lowest BCUT2D eigenvalue weighted by Crippen LogP contribution is -2.30. The molecule has 2 aromatic carbocycles. The number of allylic oxidation sites excluding steroid dienone is 1. The highest BCUT2D eigenvalue weighted by atomic mass is 32.2. The van der Waals surface area contributed by atoms with Crippen LogP contribution < -0.4 is 20.5 Å². The maximum Gasteiger partial charge on any atom is 0.281 e. The van der Waals surface area contributed by atoms with Crippen LogP contribution in [0.1, 0.15) is 4.79 Å². The maximum absolute atomic E-state index is 14.3. The molecule has 0 fully saturated rings. The van der Waals surface area contributed by atoms with E-state index < -0.39 is 38.8 Å². The van der Waals surface area contributed by atoms with Gasteiger partial charge >= 0.3 is 0 Å². The zero-order valence-corrected chi connectivity index (χ0v) is 19.4. The summed E-state index contributed by atoms with van der Waals surface area (Å²) < 4.78 is 55.3. The van der Waals surface area contributed by atoms with Gasteiger partial charge in [0.2, 0.25) is 10.0 Å². The first kappa shape index (κ1) is 24.6. The average molecular weight is 489 g/mol. The molecule has 0 saturated heterocycles. The molecule has 2 N–H and O–H groups in total. The van der Waals surface area contributed by atoms with E-state index in [4.69, 9.17) is 0 Å². The molecule has 34 heavy (non-hydrogen) atoms. The van der Waals surface area contributed by atoms with Crippen LogP contribution in [-0.4, -0.2) is 39.2 Å². The quantitative estimate of drug-likeness (QED) is 0.491. The van der Waals surface area contributed by atoms with Crippen LogP contribution in [0.3, 0.4) is 0 Å². The van der Waals surface area contributed by atoms with Crippen molar-refractivity contribution in [2.45, 2.75) is 0 Å². The summed E-state index contributed by atoms with van der Waals surface area (Å²) in [5.74, 6) is -2.37. The summed E-state index contributed by atoms with van der Waals surface area (Å²) in [5.41, 5.74) is 0.0620. The van der Waals surface area contributed by atoms with E-state index in [1.54, 1.807) is 14.1 Å². The lowest BCUT2D eigenvalue weighted by Gasteiger charge is -2.19. The second-order valence-corrected chi connectivity index (χ2v) is 9.33. The average Bonchev–Trinajstić information content (AvgIpc) is 2.75. The van der Waals surface area contributed by atoms with Gasteiger partial charge in [-0.2, -0.15) is 0 Å². The van der Waals surface area contributed by atoms with Crippen LogP contribution in [0.2, 0.25) is 0 Å². The van der Waals surface area contributed by atoms with Crippen molar-refractivity contribution in [3.63, 3.8) is 0 Å². The molecule has 0 atom stereocenters. The fourth-order valence-corrected chi connectivity index (χ4v) is 3.77. The fourth-order valence-electron chi connectivity index (χ4n) is 3.22. The van der Waals surface area contributed by atoms with Gasteiger partial charge in [-0.05, 0) is 42.5 Å². The molecule has 0 saturated carbocycles. The van der Waals surface area contributed by atoms with Gasteiger partial charge in [0.15, 0.2) is 0 Å². The van der Waals surface area contributed by atoms with Gasteiger partial charge < -0.3 is 10.2 Å². The van der Waals surface area contributed by atoms with E-state index in [0.29, 0.717) is 5.56 Å². The Bertz CT molecular complexity index is 1430. The van der Waals surface area contributed by atoms with Crippen LogP contribution >= 0.6 is 0 Å². The largest absolute Gasteiger partial charge is 0.373 e. The van der Waals surface area contributed by atoms with Crippen molar-refractivity contribution in [2.24, 2.45) is 0 Å². The minimum Gasteiger partial charge on any atom is -0.373 e. The van der Waals surface area contributed by atoms with Crippen molar-refractivity contribution in [2.75, 3.05) is 35.3 Å². The normalized spacial score (nSPS) is 11.1. The lowest BCUT2D eigenvalue weighted by molar-refractivity contribution is 0.0965. The number of para-hydroxylation sites is 1. The number of carbonyl (C=O) groups is 1. The zero-order valence-electron chi connectivity index (χ0n) is 18.6. The third kappa shape index (κ3) is 5.31. The van der Waals surface area contributed by atoms with E-state index in [1.807, 2.05) is 0 Å². The number of aromatic nitrogens is 1. The molecule has 1 heterocycles. The van der Waals surface area contributed by atoms with Crippen molar-refractivity contribution < 1.29 is 22.0 Å². The monoisotopic (exact) mass is 488 g/mol. The van der Waals surface area contributed by atoms with Crippen molar-refractivity contribution in [3.05, 3.63) is 83.3 Å². The number of nitrogens with zero attached hydrogens (tertiary/aromatic N) is 2. The van der Waals surface area contributed by atoms with Crippen LogP contribution in [0.25, 0.3) is 11.1 Å². The first-order valence-corrected chi connectivity index (χ1v) is 11.7. The number of hydrogen-bond donors (Lipinski definition) is 2. The molecule has 1 aromatic heterocycles. The standard InChI is InChI=1S/C23H22F2N4O4S/c1-5-21(30)29-13-14(11-20(23(29)31)28(2)3)16-12-15(27-34(4,32)33)9-10-19(16)26-22-17(24)7-6-8-18(22)25/h5-13,26-27H,1H2,2-4H3. The number of nitrogens with one attached hydrogen (secondary N) is 2. The van der Waals surface area contributed by atoms with E-state index in [2.05, 4.69) is 16.6 Å². The smallest absolute Gasteiger partial charge is 0.281 e.